The summed E-state index contributed by atoms with van der Waals surface area (Å²) in [6, 6.07) is 5.24. The summed E-state index contributed by atoms with van der Waals surface area (Å²) in [4.78, 5) is 0. The van der Waals surface area contributed by atoms with Gasteiger partial charge in [-0.15, -0.1) is 0 Å². The number of halogens is 1. The van der Waals surface area contributed by atoms with Crippen molar-refractivity contribution in [1.29, 1.82) is 0 Å². The van der Waals surface area contributed by atoms with Crippen LogP contribution in [0.25, 0.3) is 0 Å². The molecule has 0 atom stereocenters. The van der Waals surface area contributed by atoms with E-state index in [1.165, 1.54) is 25.3 Å². The zero-order valence-electron chi connectivity index (χ0n) is 11.6. The number of hydrogen-bond acceptors (Lipinski definition) is 1. The maximum absolute atomic E-state index is 13.9. The second-order valence-electron chi connectivity index (χ2n) is 6.57. The summed E-state index contributed by atoms with van der Waals surface area (Å²) in [5.41, 5.74) is 1.13. The fourth-order valence-electron chi connectivity index (χ4n) is 2.29. The summed E-state index contributed by atoms with van der Waals surface area (Å²) in [5, 5.41) is 0. The van der Waals surface area contributed by atoms with Gasteiger partial charge in [0.1, 0.15) is 0 Å². The van der Waals surface area contributed by atoms with Crippen LogP contribution in [0, 0.1) is 17.2 Å². The van der Waals surface area contributed by atoms with Crippen molar-refractivity contribution >= 4 is 0 Å². The minimum Gasteiger partial charge on any atom is -0.490 e. The molecule has 1 aromatic carbocycles. The van der Waals surface area contributed by atoms with Gasteiger partial charge in [-0.05, 0) is 42.2 Å². The second-order valence-corrected chi connectivity index (χ2v) is 6.57. The van der Waals surface area contributed by atoms with E-state index in [2.05, 4.69) is 20.8 Å². The lowest BCUT2D eigenvalue weighted by Gasteiger charge is -2.26. The number of ether oxygens (including phenoxy) is 1. The first-order valence-corrected chi connectivity index (χ1v) is 6.86. The van der Waals surface area contributed by atoms with Crippen LogP contribution < -0.4 is 4.74 Å². The van der Waals surface area contributed by atoms with Crippen molar-refractivity contribution in [3.63, 3.8) is 0 Å². The van der Waals surface area contributed by atoms with E-state index in [1.54, 1.807) is 6.07 Å². The first-order valence-electron chi connectivity index (χ1n) is 6.86. The van der Waals surface area contributed by atoms with Gasteiger partial charge in [0.15, 0.2) is 11.6 Å². The third-order valence-electron chi connectivity index (χ3n) is 3.46. The monoisotopic (exact) mass is 250 g/mol. The Hall–Kier alpha value is -1.05. The van der Waals surface area contributed by atoms with Gasteiger partial charge in [-0.1, -0.05) is 39.3 Å². The predicted octanol–water partition coefficient (Wildman–Crippen LogP) is 4.59. The van der Waals surface area contributed by atoms with Crippen LogP contribution in [0.2, 0.25) is 0 Å². The number of para-hydroxylation sites is 1. The Balaban J connectivity index is 2.09. The van der Waals surface area contributed by atoms with E-state index < -0.39 is 0 Å². The Bertz CT molecular complexity index is 402. The smallest absolute Gasteiger partial charge is 0.165 e. The van der Waals surface area contributed by atoms with E-state index in [0.717, 1.165) is 12.0 Å². The van der Waals surface area contributed by atoms with E-state index in [9.17, 15) is 4.39 Å². The molecule has 1 fully saturated rings. The van der Waals surface area contributed by atoms with Crippen LogP contribution in [0.4, 0.5) is 4.39 Å². The van der Waals surface area contributed by atoms with Gasteiger partial charge in [0, 0.05) is 0 Å². The highest BCUT2D eigenvalue weighted by molar-refractivity contribution is 5.35. The molecule has 0 aliphatic heterocycles. The molecule has 1 aliphatic rings. The second kappa shape index (κ2) is 5.29. The molecule has 1 saturated carbocycles. The predicted molar refractivity (Wildman–Crippen MR) is 72.4 cm³/mol. The summed E-state index contributed by atoms with van der Waals surface area (Å²) in [7, 11) is 0. The SMILES string of the molecule is CC(C)(C)Cc1cccc(F)c1OCC1CCC1. The minimum absolute atomic E-state index is 0.141. The van der Waals surface area contributed by atoms with Gasteiger partial charge in [0.2, 0.25) is 0 Å². The molecule has 0 bridgehead atoms. The van der Waals surface area contributed by atoms with Crippen LogP contribution in [0.3, 0.4) is 0 Å². The molecule has 0 heterocycles. The highest BCUT2D eigenvalue weighted by Gasteiger charge is 2.21. The zero-order chi connectivity index (χ0) is 13.2. The first-order chi connectivity index (χ1) is 8.46. The highest BCUT2D eigenvalue weighted by atomic mass is 19.1. The Morgan fingerprint density at radius 3 is 2.56 bits per heavy atom. The number of rotatable bonds is 4. The van der Waals surface area contributed by atoms with Crippen LogP contribution in [0.15, 0.2) is 18.2 Å². The lowest BCUT2D eigenvalue weighted by Crippen LogP contribution is -2.20. The molecule has 2 rings (SSSR count). The fourth-order valence-corrected chi connectivity index (χ4v) is 2.29. The standard InChI is InChI=1S/C16H23FO/c1-16(2,3)10-13-8-5-9-14(17)15(13)18-11-12-6-4-7-12/h5,8-9,12H,4,6-7,10-11H2,1-3H3. The van der Waals surface area contributed by atoms with Crippen molar-refractivity contribution in [3.05, 3.63) is 29.6 Å². The summed E-state index contributed by atoms with van der Waals surface area (Å²) < 4.78 is 19.6. The fraction of sp³-hybridized carbons (Fsp3) is 0.625. The molecule has 0 unspecified atom stereocenters. The lowest BCUT2D eigenvalue weighted by molar-refractivity contribution is 0.173. The zero-order valence-corrected chi connectivity index (χ0v) is 11.6. The molecular formula is C16H23FO. The molecular weight excluding hydrogens is 227 g/mol. The Morgan fingerprint density at radius 2 is 2.00 bits per heavy atom. The van der Waals surface area contributed by atoms with Gasteiger partial charge in [0.25, 0.3) is 0 Å². The quantitative estimate of drug-likeness (QED) is 0.759. The van der Waals surface area contributed by atoms with Gasteiger partial charge in [-0.3, -0.25) is 0 Å². The van der Waals surface area contributed by atoms with Gasteiger partial charge >= 0.3 is 0 Å². The van der Waals surface area contributed by atoms with Gasteiger partial charge < -0.3 is 4.74 Å². The van der Waals surface area contributed by atoms with E-state index in [1.807, 2.05) is 6.07 Å². The third-order valence-corrected chi connectivity index (χ3v) is 3.46. The molecule has 1 aliphatic carbocycles. The van der Waals surface area contributed by atoms with Crippen LogP contribution in [0.5, 0.6) is 5.75 Å². The maximum atomic E-state index is 13.9. The molecule has 18 heavy (non-hydrogen) atoms. The molecule has 1 aromatic rings. The largest absolute Gasteiger partial charge is 0.490 e. The molecule has 0 N–H and O–H groups in total. The van der Waals surface area contributed by atoms with Crippen molar-refractivity contribution in [2.24, 2.45) is 11.3 Å². The van der Waals surface area contributed by atoms with Crippen molar-refractivity contribution in [1.82, 2.24) is 0 Å². The summed E-state index contributed by atoms with van der Waals surface area (Å²) in [6.07, 6.45) is 4.58. The van der Waals surface area contributed by atoms with Crippen LogP contribution >= 0.6 is 0 Å². The third kappa shape index (κ3) is 3.47. The summed E-state index contributed by atoms with van der Waals surface area (Å²) in [5.74, 6) is 0.877. The Labute approximate surface area is 109 Å². The van der Waals surface area contributed by atoms with Gasteiger partial charge in [-0.2, -0.15) is 0 Å². The molecule has 0 aromatic heterocycles. The molecule has 0 spiro atoms. The molecule has 0 saturated heterocycles. The van der Waals surface area contributed by atoms with Crippen LogP contribution in [0.1, 0.15) is 45.6 Å². The van der Waals surface area contributed by atoms with Crippen molar-refractivity contribution in [3.8, 4) is 5.75 Å². The molecule has 0 amide bonds. The molecule has 0 radical (unpaired) electrons. The summed E-state index contributed by atoms with van der Waals surface area (Å²) in [6.45, 7) is 7.15. The maximum Gasteiger partial charge on any atom is 0.165 e. The van der Waals surface area contributed by atoms with E-state index >= 15 is 0 Å². The van der Waals surface area contributed by atoms with Crippen LogP contribution in [-0.4, -0.2) is 6.61 Å². The normalized spacial score (nSPS) is 16.4. The van der Waals surface area contributed by atoms with E-state index in [4.69, 9.17) is 4.74 Å². The molecule has 1 nitrogen and oxygen atoms in total. The van der Waals surface area contributed by atoms with E-state index in [0.29, 0.717) is 18.3 Å². The van der Waals surface area contributed by atoms with Crippen molar-refractivity contribution < 1.29 is 9.13 Å². The number of hydrogen-bond donors (Lipinski definition) is 0. The molecule has 2 heteroatoms. The Morgan fingerprint density at radius 1 is 1.28 bits per heavy atom. The van der Waals surface area contributed by atoms with Gasteiger partial charge in [0.05, 0.1) is 6.61 Å². The first kappa shape index (κ1) is 13.4. The highest BCUT2D eigenvalue weighted by Crippen LogP contribution is 2.32. The topological polar surface area (TPSA) is 9.23 Å². The minimum atomic E-state index is -0.226. The number of benzene rings is 1. The lowest BCUT2D eigenvalue weighted by atomic mass is 9.86. The van der Waals surface area contributed by atoms with Crippen molar-refractivity contribution in [2.75, 3.05) is 6.61 Å². The average molecular weight is 250 g/mol. The summed E-state index contributed by atoms with van der Waals surface area (Å²) >= 11 is 0. The Kier molecular flexibility index (Phi) is 3.94. The van der Waals surface area contributed by atoms with E-state index in [-0.39, 0.29) is 11.2 Å². The van der Waals surface area contributed by atoms with Crippen molar-refractivity contribution in [2.45, 2.75) is 46.5 Å². The van der Waals surface area contributed by atoms with Gasteiger partial charge in [-0.25, -0.2) is 4.39 Å². The van der Waals surface area contributed by atoms with Crippen LogP contribution in [-0.2, 0) is 6.42 Å². The molecule has 100 valence electrons. The average Bonchev–Trinajstić information content (AvgIpc) is 2.17.